The molecular formula is C12H16FeNO14P. The van der Waals surface area contributed by atoms with Crippen LogP contribution in [0.25, 0.3) is 0 Å². The van der Waals surface area contributed by atoms with E-state index in [0.717, 1.165) is 0 Å². The fraction of sp³-hybridized carbons (Fsp3) is 0.500. The molecule has 1 rings (SSSR count). The van der Waals surface area contributed by atoms with E-state index in [1.54, 1.807) is 0 Å². The summed E-state index contributed by atoms with van der Waals surface area (Å²) in [6.45, 7) is 0. The van der Waals surface area contributed by atoms with Crippen molar-refractivity contribution in [2.45, 2.75) is 36.9 Å². The maximum atomic E-state index is 11.8. The molecule has 3 unspecified atom stereocenters. The van der Waals surface area contributed by atoms with Gasteiger partial charge in [0.05, 0.1) is 19.3 Å². The van der Waals surface area contributed by atoms with Crippen LogP contribution in [0, 0.1) is 0 Å². The largest absolute Gasteiger partial charge is 0.550 e. The first-order chi connectivity index (χ1) is 12.3. The van der Waals surface area contributed by atoms with E-state index in [2.05, 4.69) is 13.6 Å². The maximum absolute atomic E-state index is 11.8. The molecule has 0 aliphatic carbocycles. The second-order valence-electron chi connectivity index (χ2n) is 5.37. The number of carbonyl (C=O) groups excluding carboxylic acids is 4. The number of hydrogen-bond acceptors (Lipinski definition) is 12. The molecule has 166 valence electrons. The minimum Gasteiger partial charge on any atom is -0.550 e. The Morgan fingerprint density at radius 2 is 1.72 bits per heavy atom. The Morgan fingerprint density at radius 1 is 1.17 bits per heavy atom. The first-order valence-corrected chi connectivity index (χ1v) is 7.91. The SMILES string of the molecule is O=C([O-])CC1(O)CC(=O)OP(OC(=O)CC(O)(CC(=O)O)C(=O)O)OC1=O.[Fe].[NH4+]. The normalized spacial score (nSPS) is 22.9. The zero-order chi connectivity index (χ0) is 21.0. The number of carbonyl (C=O) groups is 6. The summed E-state index contributed by atoms with van der Waals surface area (Å²) in [4.78, 5) is 67.1. The molecule has 17 heteroatoms. The number of aliphatic hydroxyl groups is 2. The quantitative estimate of drug-likeness (QED) is 0.171. The monoisotopic (exact) mass is 485 g/mol. The van der Waals surface area contributed by atoms with E-state index in [1.807, 2.05) is 0 Å². The van der Waals surface area contributed by atoms with Crippen LogP contribution in [0.2, 0.25) is 0 Å². The van der Waals surface area contributed by atoms with Gasteiger partial charge in [0, 0.05) is 29.5 Å². The predicted octanol–water partition coefficient (Wildman–Crippen LogP) is -2.83. The zero-order valence-corrected chi connectivity index (χ0v) is 16.5. The third-order valence-corrected chi connectivity index (χ3v) is 4.06. The first kappa shape index (κ1) is 28.9. The first-order valence-electron chi connectivity index (χ1n) is 6.81. The van der Waals surface area contributed by atoms with Gasteiger partial charge in [-0.25, -0.2) is 9.59 Å². The van der Waals surface area contributed by atoms with Crippen LogP contribution in [0.15, 0.2) is 0 Å². The van der Waals surface area contributed by atoms with Gasteiger partial charge in [-0.15, -0.1) is 0 Å². The number of aliphatic carboxylic acids is 3. The summed E-state index contributed by atoms with van der Waals surface area (Å²) in [6, 6.07) is 0. The molecule has 0 aromatic heterocycles. The molecule has 29 heavy (non-hydrogen) atoms. The molecule has 8 N–H and O–H groups in total. The van der Waals surface area contributed by atoms with E-state index in [4.69, 9.17) is 10.2 Å². The van der Waals surface area contributed by atoms with Gasteiger partial charge in [0.25, 0.3) is 0 Å². The van der Waals surface area contributed by atoms with Crippen molar-refractivity contribution in [3.05, 3.63) is 0 Å². The third-order valence-electron chi connectivity index (χ3n) is 3.04. The molecule has 0 aromatic carbocycles. The van der Waals surface area contributed by atoms with Crippen LogP contribution in [-0.4, -0.2) is 67.4 Å². The fourth-order valence-corrected chi connectivity index (χ4v) is 2.71. The summed E-state index contributed by atoms with van der Waals surface area (Å²) in [5.41, 5.74) is -5.90. The summed E-state index contributed by atoms with van der Waals surface area (Å²) in [7, 11) is -3.17. The molecule has 1 saturated heterocycles. The van der Waals surface area contributed by atoms with Crippen molar-refractivity contribution in [3.8, 4) is 0 Å². The van der Waals surface area contributed by atoms with Crippen LogP contribution in [0.1, 0.15) is 25.7 Å². The fourth-order valence-electron chi connectivity index (χ4n) is 1.83. The Labute approximate surface area is 173 Å². The Hall–Kier alpha value is -2.35. The Balaban J connectivity index is 0. The molecule has 0 spiro atoms. The van der Waals surface area contributed by atoms with Gasteiger partial charge < -0.3 is 50.0 Å². The summed E-state index contributed by atoms with van der Waals surface area (Å²) in [6.07, 6.45) is -5.27. The second-order valence-corrected chi connectivity index (χ2v) is 6.37. The summed E-state index contributed by atoms with van der Waals surface area (Å²) in [5.74, 6) is -10.4. The van der Waals surface area contributed by atoms with Gasteiger partial charge in [0.1, 0.15) is 0 Å². The zero-order valence-electron chi connectivity index (χ0n) is 14.5. The van der Waals surface area contributed by atoms with Crippen molar-refractivity contribution in [2.75, 3.05) is 0 Å². The molecule has 0 radical (unpaired) electrons. The maximum Gasteiger partial charge on any atom is 0.537 e. The molecule has 1 aliphatic heterocycles. The van der Waals surface area contributed by atoms with Crippen LogP contribution in [0.3, 0.4) is 0 Å². The van der Waals surface area contributed by atoms with Crippen molar-refractivity contribution in [1.82, 2.24) is 6.15 Å². The smallest absolute Gasteiger partial charge is 0.537 e. The minimum absolute atomic E-state index is 0. The molecule has 15 nitrogen and oxygen atoms in total. The minimum atomic E-state index is -3.17. The van der Waals surface area contributed by atoms with E-state index in [1.165, 1.54) is 0 Å². The molecular weight excluding hydrogens is 469 g/mol. The van der Waals surface area contributed by atoms with Crippen molar-refractivity contribution in [1.29, 1.82) is 0 Å². The average molecular weight is 485 g/mol. The molecule has 0 aromatic rings. The molecule has 1 fully saturated rings. The third kappa shape index (κ3) is 8.27. The summed E-state index contributed by atoms with van der Waals surface area (Å²) in [5, 5.41) is 47.5. The van der Waals surface area contributed by atoms with Gasteiger partial charge in [0.15, 0.2) is 11.2 Å². The van der Waals surface area contributed by atoms with Crippen LogP contribution < -0.4 is 11.3 Å². The van der Waals surface area contributed by atoms with E-state index < -0.39 is 81.3 Å². The predicted molar refractivity (Wildman–Crippen MR) is 79.8 cm³/mol. The average Bonchev–Trinajstić information content (AvgIpc) is 2.52. The number of carboxylic acids is 3. The molecule has 1 heterocycles. The van der Waals surface area contributed by atoms with E-state index >= 15 is 0 Å². The number of rotatable bonds is 8. The van der Waals surface area contributed by atoms with Gasteiger partial charge in [-0.1, -0.05) is 0 Å². The summed E-state index contributed by atoms with van der Waals surface area (Å²) < 4.78 is 13.2. The number of quaternary nitrogens is 1. The molecule has 0 saturated carbocycles. The topological polar surface area (TPSA) is 271 Å². The standard InChI is InChI=1S/C12H13O14P.Fe.H3N/c13-5(14)1-11(22,9(19)20)3-7(17)24-27-25-8(18)4-12(23,2-6(15)16)10(21)26-27;;/h22-23H,1-4H2,(H,13,14)(H,15,16)(H,19,20);;1H3. The van der Waals surface area contributed by atoms with Gasteiger partial charge in [-0.05, 0) is 0 Å². The Bertz CT molecular complexity index is 700. The van der Waals surface area contributed by atoms with Crippen LogP contribution in [-0.2, 0) is 59.4 Å². The molecule has 0 amide bonds. The van der Waals surface area contributed by atoms with Gasteiger partial charge in [-0.2, -0.15) is 0 Å². The van der Waals surface area contributed by atoms with Crippen molar-refractivity contribution < 1.29 is 84.9 Å². The molecule has 1 aliphatic rings. The number of hydrogen-bond donors (Lipinski definition) is 5. The van der Waals surface area contributed by atoms with Crippen molar-refractivity contribution in [2.24, 2.45) is 0 Å². The Morgan fingerprint density at radius 3 is 2.17 bits per heavy atom. The van der Waals surface area contributed by atoms with E-state index in [0.29, 0.717) is 0 Å². The van der Waals surface area contributed by atoms with Crippen molar-refractivity contribution >= 4 is 44.4 Å². The summed E-state index contributed by atoms with van der Waals surface area (Å²) >= 11 is 0. The van der Waals surface area contributed by atoms with E-state index in [-0.39, 0.29) is 23.2 Å². The Kier molecular flexibility index (Phi) is 10.9. The van der Waals surface area contributed by atoms with E-state index in [9.17, 15) is 44.1 Å². The van der Waals surface area contributed by atoms with Gasteiger partial charge in [0.2, 0.25) is 0 Å². The molecule has 0 bridgehead atoms. The number of carboxylic acid groups (broad SMARTS) is 3. The van der Waals surface area contributed by atoms with Crippen LogP contribution in [0.5, 0.6) is 0 Å². The van der Waals surface area contributed by atoms with Crippen LogP contribution >= 0.6 is 8.60 Å². The van der Waals surface area contributed by atoms with Gasteiger partial charge >= 0.3 is 38.4 Å². The van der Waals surface area contributed by atoms with Gasteiger partial charge in [-0.3, -0.25) is 14.4 Å². The second kappa shape index (κ2) is 11.0. The van der Waals surface area contributed by atoms with Crippen LogP contribution in [0.4, 0.5) is 0 Å². The molecule has 3 atom stereocenters. The van der Waals surface area contributed by atoms with Crippen molar-refractivity contribution in [3.63, 3.8) is 0 Å².